The highest BCUT2D eigenvalue weighted by Crippen LogP contribution is 2.10. The molecular formula is C12H15N3O6. The Hall–Kier alpha value is -2.84. The van der Waals surface area contributed by atoms with Gasteiger partial charge in [0.2, 0.25) is 5.88 Å². The number of rotatable bonds is 6. The minimum absolute atomic E-state index is 0.343. The third kappa shape index (κ3) is 5.35. The highest BCUT2D eigenvalue weighted by molar-refractivity contribution is 5.93. The Morgan fingerprint density at radius 2 is 2.05 bits per heavy atom. The molecule has 1 rings (SSSR count). The molecule has 0 radical (unpaired) electrons. The van der Waals surface area contributed by atoms with E-state index in [2.05, 4.69) is 20.4 Å². The minimum atomic E-state index is -1.39. The predicted molar refractivity (Wildman–Crippen MR) is 71.0 cm³/mol. The lowest BCUT2D eigenvalue weighted by Gasteiger charge is -2.14. The average Bonchev–Trinajstić information content (AvgIpc) is 2.47. The van der Waals surface area contributed by atoms with E-state index in [1.54, 1.807) is 0 Å². The first-order valence-electron chi connectivity index (χ1n) is 5.83. The van der Waals surface area contributed by atoms with Crippen molar-refractivity contribution in [3.63, 3.8) is 0 Å². The Labute approximate surface area is 120 Å². The molecular weight excluding hydrogens is 282 g/mol. The fraction of sp³-hybridized carbons (Fsp3) is 0.333. The summed E-state index contributed by atoms with van der Waals surface area (Å²) >= 11 is 0. The van der Waals surface area contributed by atoms with E-state index in [1.807, 2.05) is 0 Å². The number of anilines is 1. The lowest BCUT2D eigenvalue weighted by Crippen LogP contribution is -2.44. The molecule has 1 aromatic heterocycles. The summed E-state index contributed by atoms with van der Waals surface area (Å²) in [5.74, 6) is -1.72. The minimum Gasteiger partial charge on any atom is -0.481 e. The van der Waals surface area contributed by atoms with Gasteiger partial charge in [-0.05, 0) is 6.07 Å². The van der Waals surface area contributed by atoms with Gasteiger partial charge in [0, 0.05) is 6.07 Å². The number of methoxy groups -OCH3 is 2. The maximum Gasteiger partial charge on any atom is 0.326 e. The number of urea groups is 1. The molecule has 1 aromatic rings. The first-order valence-corrected chi connectivity index (χ1v) is 5.83. The van der Waals surface area contributed by atoms with Crippen molar-refractivity contribution in [2.75, 3.05) is 19.5 Å². The van der Waals surface area contributed by atoms with Crippen LogP contribution in [0.4, 0.5) is 10.5 Å². The molecule has 0 saturated heterocycles. The van der Waals surface area contributed by atoms with E-state index < -0.39 is 30.4 Å². The summed E-state index contributed by atoms with van der Waals surface area (Å²) in [6.45, 7) is 0. The first-order chi connectivity index (χ1) is 9.96. The van der Waals surface area contributed by atoms with Gasteiger partial charge in [-0.3, -0.25) is 4.79 Å². The fourth-order valence-corrected chi connectivity index (χ4v) is 1.35. The number of nitrogens with zero attached hydrogens (tertiary/aromatic N) is 1. The van der Waals surface area contributed by atoms with E-state index in [1.165, 1.54) is 25.4 Å². The first kappa shape index (κ1) is 16.2. The van der Waals surface area contributed by atoms with Gasteiger partial charge in [0.25, 0.3) is 0 Å². The van der Waals surface area contributed by atoms with Crippen LogP contribution < -0.4 is 15.4 Å². The van der Waals surface area contributed by atoms with Gasteiger partial charge in [0.05, 0.1) is 32.5 Å². The van der Waals surface area contributed by atoms with Gasteiger partial charge in [-0.2, -0.15) is 0 Å². The second-order valence-corrected chi connectivity index (χ2v) is 3.86. The lowest BCUT2D eigenvalue weighted by atomic mass is 10.2. The van der Waals surface area contributed by atoms with Crippen molar-refractivity contribution in [1.29, 1.82) is 0 Å². The number of aliphatic carboxylic acids is 1. The van der Waals surface area contributed by atoms with Crippen LogP contribution in [0, 0.1) is 0 Å². The third-order valence-electron chi connectivity index (χ3n) is 2.41. The number of hydrogen-bond acceptors (Lipinski definition) is 6. The van der Waals surface area contributed by atoms with Crippen molar-refractivity contribution in [2.45, 2.75) is 12.5 Å². The topological polar surface area (TPSA) is 127 Å². The van der Waals surface area contributed by atoms with Crippen LogP contribution in [0.3, 0.4) is 0 Å². The zero-order chi connectivity index (χ0) is 15.8. The van der Waals surface area contributed by atoms with Gasteiger partial charge in [-0.15, -0.1) is 0 Å². The van der Waals surface area contributed by atoms with Crippen molar-refractivity contribution in [2.24, 2.45) is 0 Å². The van der Waals surface area contributed by atoms with Gasteiger partial charge in [0.1, 0.15) is 6.04 Å². The van der Waals surface area contributed by atoms with Crippen LogP contribution in [0.15, 0.2) is 18.3 Å². The molecule has 114 valence electrons. The van der Waals surface area contributed by atoms with E-state index in [9.17, 15) is 14.4 Å². The summed E-state index contributed by atoms with van der Waals surface area (Å²) in [7, 11) is 2.58. The smallest absolute Gasteiger partial charge is 0.326 e. The summed E-state index contributed by atoms with van der Waals surface area (Å²) in [6, 6.07) is 0.891. The van der Waals surface area contributed by atoms with Crippen molar-refractivity contribution >= 4 is 23.7 Å². The molecule has 0 unspecified atom stereocenters. The van der Waals surface area contributed by atoms with Gasteiger partial charge in [0.15, 0.2) is 0 Å². The molecule has 0 saturated carbocycles. The number of esters is 1. The number of carboxylic acid groups (broad SMARTS) is 1. The number of carboxylic acids is 1. The average molecular weight is 297 g/mol. The van der Waals surface area contributed by atoms with Crippen molar-refractivity contribution in [3.05, 3.63) is 18.3 Å². The summed E-state index contributed by atoms with van der Waals surface area (Å²) < 4.78 is 9.22. The zero-order valence-corrected chi connectivity index (χ0v) is 11.5. The van der Waals surface area contributed by atoms with Crippen LogP contribution in [0.5, 0.6) is 5.88 Å². The number of aromatic nitrogens is 1. The molecule has 0 aliphatic rings. The molecule has 0 fully saturated rings. The molecule has 1 atom stereocenters. The van der Waals surface area contributed by atoms with Crippen LogP contribution in [0.1, 0.15) is 6.42 Å². The molecule has 3 N–H and O–H groups in total. The standard InChI is InChI=1S/C12H15N3O6/c1-20-9-4-3-7(6-13-9)14-12(19)15-8(11(17)18)5-10(16)21-2/h3-4,6,8H,5H2,1-2H3,(H,17,18)(H2,14,15,19)/t8-/m0/s1. The van der Waals surface area contributed by atoms with E-state index in [-0.39, 0.29) is 0 Å². The van der Waals surface area contributed by atoms with Crippen LogP contribution in [0.2, 0.25) is 0 Å². The summed E-state index contributed by atoms with van der Waals surface area (Å²) in [6.07, 6.45) is 0.870. The maximum absolute atomic E-state index is 11.7. The Bertz CT molecular complexity index is 516. The monoisotopic (exact) mass is 297 g/mol. The van der Waals surface area contributed by atoms with Gasteiger partial charge in [-0.25, -0.2) is 14.6 Å². The van der Waals surface area contributed by atoms with E-state index in [4.69, 9.17) is 9.84 Å². The zero-order valence-electron chi connectivity index (χ0n) is 11.5. The number of carbonyl (C=O) groups excluding carboxylic acids is 2. The van der Waals surface area contributed by atoms with Crippen molar-refractivity contribution in [1.82, 2.24) is 10.3 Å². The van der Waals surface area contributed by atoms with E-state index in [0.29, 0.717) is 11.6 Å². The largest absolute Gasteiger partial charge is 0.481 e. The third-order valence-corrected chi connectivity index (χ3v) is 2.41. The van der Waals surface area contributed by atoms with E-state index in [0.717, 1.165) is 7.11 Å². The van der Waals surface area contributed by atoms with Crippen molar-refractivity contribution in [3.8, 4) is 5.88 Å². The number of ether oxygens (including phenoxy) is 2. The Kier molecular flexibility index (Phi) is 5.93. The highest BCUT2D eigenvalue weighted by Gasteiger charge is 2.23. The molecule has 21 heavy (non-hydrogen) atoms. The fourth-order valence-electron chi connectivity index (χ4n) is 1.35. The molecule has 0 spiro atoms. The Morgan fingerprint density at radius 3 is 2.52 bits per heavy atom. The quantitative estimate of drug-likeness (QED) is 0.641. The summed E-state index contributed by atoms with van der Waals surface area (Å²) in [5, 5.41) is 13.5. The molecule has 0 aromatic carbocycles. The molecule has 0 aliphatic heterocycles. The normalized spacial score (nSPS) is 11.1. The Balaban J connectivity index is 2.60. The SMILES string of the molecule is COC(=O)C[C@H](NC(=O)Nc1ccc(OC)nc1)C(=O)O. The van der Waals surface area contributed by atoms with Crippen LogP contribution in [-0.2, 0) is 14.3 Å². The maximum atomic E-state index is 11.7. The predicted octanol–water partition coefficient (Wildman–Crippen LogP) is 0.228. The van der Waals surface area contributed by atoms with Gasteiger partial charge >= 0.3 is 18.0 Å². The van der Waals surface area contributed by atoms with Gasteiger partial charge in [-0.1, -0.05) is 0 Å². The van der Waals surface area contributed by atoms with E-state index >= 15 is 0 Å². The van der Waals surface area contributed by atoms with Crippen LogP contribution in [-0.4, -0.2) is 48.3 Å². The second-order valence-electron chi connectivity index (χ2n) is 3.86. The van der Waals surface area contributed by atoms with Crippen LogP contribution in [0.25, 0.3) is 0 Å². The number of hydrogen-bond donors (Lipinski definition) is 3. The highest BCUT2D eigenvalue weighted by atomic mass is 16.5. The molecule has 0 bridgehead atoms. The number of pyridine rings is 1. The molecule has 2 amide bonds. The number of carbonyl (C=O) groups is 3. The molecule has 9 heteroatoms. The lowest BCUT2D eigenvalue weighted by molar-refractivity contribution is -0.147. The summed E-state index contributed by atoms with van der Waals surface area (Å²) in [4.78, 5) is 37.5. The molecule has 1 heterocycles. The number of nitrogens with one attached hydrogen (secondary N) is 2. The second kappa shape index (κ2) is 7.68. The van der Waals surface area contributed by atoms with Gasteiger partial charge < -0.3 is 25.2 Å². The molecule has 0 aliphatic carbocycles. The Morgan fingerprint density at radius 1 is 1.33 bits per heavy atom. The van der Waals surface area contributed by atoms with Crippen molar-refractivity contribution < 1.29 is 29.0 Å². The summed E-state index contributed by atoms with van der Waals surface area (Å²) in [5.41, 5.74) is 0.343. The molecule has 9 nitrogen and oxygen atoms in total. The van der Waals surface area contributed by atoms with Crippen LogP contribution >= 0.6 is 0 Å². The number of amides is 2.